The van der Waals surface area contributed by atoms with Crippen LogP contribution in [0.4, 0.5) is 4.39 Å². The van der Waals surface area contributed by atoms with Gasteiger partial charge in [-0.3, -0.25) is 14.9 Å². The monoisotopic (exact) mass is 357 g/mol. The molecule has 2 aliphatic rings. The third-order valence-corrected chi connectivity index (χ3v) is 5.26. The van der Waals surface area contributed by atoms with Crippen LogP contribution >= 0.6 is 0 Å². The van der Waals surface area contributed by atoms with E-state index in [4.69, 9.17) is 9.47 Å². The first-order chi connectivity index (χ1) is 12.6. The molecule has 0 saturated carbocycles. The first-order valence-corrected chi connectivity index (χ1v) is 9.14. The molecule has 0 bridgehead atoms. The second-order valence-electron chi connectivity index (χ2n) is 7.50. The molecular formula is C20H24FN3O2. The summed E-state index contributed by atoms with van der Waals surface area (Å²) in [4.78, 5) is 10.5. The molecule has 5 nitrogen and oxygen atoms in total. The van der Waals surface area contributed by atoms with Crippen molar-refractivity contribution in [3.8, 4) is 5.75 Å². The Morgan fingerprint density at radius 1 is 1.35 bits per heavy atom. The van der Waals surface area contributed by atoms with Crippen molar-refractivity contribution >= 4 is 0 Å². The number of piperidine rings is 1. The summed E-state index contributed by atoms with van der Waals surface area (Å²) in [6.07, 6.45) is 7.25. The van der Waals surface area contributed by atoms with Crippen LogP contribution in [0.5, 0.6) is 5.75 Å². The number of hydrogen-bond acceptors (Lipinski definition) is 5. The average Bonchev–Trinajstić information content (AvgIpc) is 2.99. The zero-order valence-corrected chi connectivity index (χ0v) is 15.0. The molecule has 4 heterocycles. The Morgan fingerprint density at radius 2 is 2.23 bits per heavy atom. The summed E-state index contributed by atoms with van der Waals surface area (Å²) in [5.41, 5.74) is 0.227. The maximum Gasteiger partial charge on any atom is 0.146 e. The summed E-state index contributed by atoms with van der Waals surface area (Å²) >= 11 is 0. The normalized spacial score (nSPS) is 28.7. The topological polar surface area (TPSA) is 47.5 Å². The summed E-state index contributed by atoms with van der Waals surface area (Å²) in [5, 5.41) is 0. The highest BCUT2D eigenvalue weighted by molar-refractivity contribution is 5.16. The standard InChI is InChI=1S/C20H24FN3O2/c1-20(14-25-16-4-2-7-22-11-16)10-15-12-24(9-6-19(15)26-20)13-18-17(21)5-3-8-23-18/h2-5,7-8,11,15,19H,6,9-10,12-14H2,1H3/t15-,19+,20-/m1/s1. The van der Waals surface area contributed by atoms with Gasteiger partial charge in [0.15, 0.2) is 0 Å². The van der Waals surface area contributed by atoms with Gasteiger partial charge in [-0.15, -0.1) is 0 Å². The Labute approximate surface area is 153 Å². The number of hydrogen-bond donors (Lipinski definition) is 0. The van der Waals surface area contributed by atoms with Gasteiger partial charge in [0.05, 0.1) is 18.0 Å². The lowest BCUT2D eigenvalue weighted by atomic mass is 9.89. The zero-order valence-electron chi connectivity index (χ0n) is 15.0. The molecule has 0 aliphatic carbocycles. The summed E-state index contributed by atoms with van der Waals surface area (Å²) in [6.45, 7) is 4.99. The summed E-state index contributed by atoms with van der Waals surface area (Å²) in [5.74, 6) is 0.976. The first kappa shape index (κ1) is 17.4. The van der Waals surface area contributed by atoms with E-state index in [9.17, 15) is 4.39 Å². The Balaban J connectivity index is 1.34. The van der Waals surface area contributed by atoms with E-state index in [1.807, 2.05) is 12.1 Å². The highest BCUT2D eigenvalue weighted by Gasteiger charge is 2.46. The van der Waals surface area contributed by atoms with Gasteiger partial charge in [0.2, 0.25) is 0 Å². The van der Waals surface area contributed by atoms with Crippen molar-refractivity contribution in [1.29, 1.82) is 0 Å². The van der Waals surface area contributed by atoms with Gasteiger partial charge in [-0.25, -0.2) is 4.39 Å². The fourth-order valence-electron chi connectivity index (χ4n) is 4.06. The van der Waals surface area contributed by atoms with Crippen LogP contribution < -0.4 is 4.74 Å². The molecule has 0 unspecified atom stereocenters. The molecule has 138 valence electrons. The number of pyridine rings is 2. The molecule has 6 heteroatoms. The van der Waals surface area contributed by atoms with Gasteiger partial charge < -0.3 is 9.47 Å². The van der Waals surface area contributed by atoms with Crippen LogP contribution in [0.25, 0.3) is 0 Å². The number of ether oxygens (including phenoxy) is 2. The summed E-state index contributed by atoms with van der Waals surface area (Å²) in [7, 11) is 0. The van der Waals surface area contributed by atoms with Crippen LogP contribution in [0, 0.1) is 11.7 Å². The predicted molar refractivity (Wildman–Crippen MR) is 95.2 cm³/mol. The molecule has 0 N–H and O–H groups in total. The molecule has 4 rings (SSSR count). The van der Waals surface area contributed by atoms with Gasteiger partial charge in [-0.05, 0) is 44.0 Å². The molecule has 2 fully saturated rings. The molecular weight excluding hydrogens is 333 g/mol. The molecule has 0 amide bonds. The third kappa shape index (κ3) is 3.86. The molecule has 0 spiro atoms. The van der Waals surface area contributed by atoms with Gasteiger partial charge in [-0.2, -0.15) is 0 Å². The van der Waals surface area contributed by atoms with E-state index < -0.39 is 0 Å². The second-order valence-corrected chi connectivity index (χ2v) is 7.50. The highest BCUT2D eigenvalue weighted by Crippen LogP contribution is 2.39. The summed E-state index contributed by atoms with van der Waals surface area (Å²) < 4.78 is 26.1. The van der Waals surface area contributed by atoms with Gasteiger partial charge >= 0.3 is 0 Å². The minimum absolute atomic E-state index is 0.230. The van der Waals surface area contributed by atoms with Crippen LogP contribution in [0.15, 0.2) is 42.9 Å². The van der Waals surface area contributed by atoms with Gasteiger partial charge in [0, 0.05) is 37.9 Å². The maximum absolute atomic E-state index is 13.9. The smallest absolute Gasteiger partial charge is 0.146 e. The van der Waals surface area contributed by atoms with E-state index in [0.29, 0.717) is 24.8 Å². The number of likely N-dealkylation sites (tertiary alicyclic amines) is 1. The maximum atomic E-state index is 13.9. The lowest BCUT2D eigenvalue weighted by Crippen LogP contribution is -2.41. The quantitative estimate of drug-likeness (QED) is 0.823. The molecule has 2 saturated heterocycles. The molecule has 2 aromatic rings. The number of nitrogens with zero attached hydrogens (tertiary/aromatic N) is 3. The van der Waals surface area contributed by atoms with Crippen molar-refractivity contribution in [1.82, 2.24) is 14.9 Å². The third-order valence-electron chi connectivity index (χ3n) is 5.26. The zero-order chi connectivity index (χ0) is 18.0. The van der Waals surface area contributed by atoms with Gasteiger partial charge in [-0.1, -0.05) is 0 Å². The molecule has 26 heavy (non-hydrogen) atoms. The Kier molecular flexibility index (Phi) is 4.87. The van der Waals surface area contributed by atoms with Crippen molar-refractivity contribution < 1.29 is 13.9 Å². The lowest BCUT2D eigenvalue weighted by Gasteiger charge is -2.33. The largest absolute Gasteiger partial charge is 0.489 e. The number of halogens is 1. The second kappa shape index (κ2) is 7.29. The molecule has 0 aromatic carbocycles. The van der Waals surface area contributed by atoms with Gasteiger partial charge in [0.1, 0.15) is 23.8 Å². The van der Waals surface area contributed by atoms with Crippen molar-refractivity contribution in [2.75, 3.05) is 19.7 Å². The molecule has 3 atom stereocenters. The molecule has 0 radical (unpaired) electrons. The Bertz CT molecular complexity index is 745. The van der Waals surface area contributed by atoms with E-state index in [1.165, 1.54) is 6.07 Å². The average molecular weight is 357 g/mol. The highest BCUT2D eigenvalue weighted by atomic mass is 19.1. The fraction of sp³-hybridized carbons (Fsp3) is 0.500. The minimum Gasteiger partial charge on any atom is -0.489 e. The van der Waals surface area contributed by atoms with E-state index in [1.54, 1.807) is 24.7 Å². The van der Waals surface area contributed by atoms with Crippen molar-refractivity contribution in [3.63, 3.8) is 0 Å². The molecule has 2 aromatic heterocycles. The van der Waals surface area contributed by atoms with Crippen LogP contribution in [0.1, 0.15) is 25.5 Å². The van der Waals surface area contributed by atoms with Crippen molar-refractivity contribution in [2.24, 2.45) is 5.92 Å². The van der Waals surface area contributed by atoms with E-state index in [2.05, 4.69) is 21.8 Å². The van der Waals surface area contributed by atoms with Gasteiger partial charge in [0.25, 0.3) is 0 Å². The predicted octanol–water partition coefficient (Wildman–Crippen LogP) is 3.06. The Hall–Kier alpha value is -2.05. The lowest BCUT2D eigenvalue weighted by molar-refractivity contribution is -0.0699. The first-order valence-electron chi connectivity index (χ1n) is 9.14. The van der Waals surface area contributed by atoms with E-state index in [-0.39, 0.29) is 17.5 Å². The molecule has 2 aliphatic heterocycles. The summed E-state index contributed by atoms with van der Waals surface area (Å²) in [6, 6.07) is 6.87. The van der Waals surface area contributed by atoms with Crippen LogP contribution in [-0.4, -0.2) is 46.3 Å². The number of aromatic nitrogens is 2. The Morgan fingerprint density at radius 3 is 3.04 bits per heavy atom. The van der Waals surface area contributed by atoms with Crippen LogP contribution in [0.3, 0.4) is 0 Å². The minimum atomic E-state index is -0.294. The van der Waals surface area contributed by atoms with Crippen molar-refractivity contribution in [2.45, 2.75) is 38.0 Å². The number of fused-ring (bicyclic) bond motifs is 1. The fourth-order valence-corrected chi connectivity index (χ4v) is 4.06. The van der Waals surface area contributed by atoms with Crippen LogP contribution in [-0.2, 0) is 11.3 Å². The van der Waals surface area contributed by atoms with E-state index in [0.717, 1.165) is 31.7 Å². The van der Waals surface area contributed by atoms with E-state index >= 15 is 0 Å². The number of rotatable bonds is 5. The van der Waals surface area contributed by atoms with Crippen molar-refractivity contribution in [3.05, 3.63) is 54.4 Å². The SMILES string of the molecule is C[C@]1(COc2cccnc2)C[C@@H]2CN(Cc3ncccc3F)CC[C@@H]2O1. The van der Waals surface area contributed by atoms with Crippen LogP contribution in [0.2, 0.25) is 0 Å².